The highest BCUT2D eigenvalue weighted by Crippen LogP contribution is 2.05. The molecule has 0 radical (unpaired) electrons. The third-order valence-electron chi connectivity index (χ3n) is 2.03. The largest absolute Gasteiger partial charge is 0.396 e. The van der Waals surface area contributed by atoms with Crippen LogP contribution in [0.1, 0.15) is 25.7 Å². The van der Waals surface area contributed by atoms with Crippen LogP contribution in [0.15, 0.2) is 0 Å². The average molecular weight is 158 g/mol. The van der Waals surface area contributed by atoms with E-state index in [-0.39, 0.29) is 0 Å². The van der Waals surface area contributed by atoms with Gasteiger partial charge in [0, 0.05) is 26.2 Å². The first-order chi connectivity index (χ1) is 5.43. The van der Waals surface area contributed by atoms with Crippen molar-refractivity contribution in [1.29, 1.82) is 0 Å². The molecule has 1 aliphatic rings. The van der Waals surface area contributed by atoms with E-state index >= 15 is 0 Å². The van der Waals surface area contributed by atoms with Gasteiger partial charge >= 0.3 is 0 Å². The smallest absolute Gasteiger partial charge is 0.0443 e. The summed E-state index contributed by atoms with van der Waals surface area (Å²) in [5.41, 5.74) is 3.30. The number of hydrogen-bond acceptors (Lipinski definition) is 3. The Hall–Kier alpha value is -0.120. The first-order valence-corrected chi connectivity index (χ1v) is 4.53. The highest BCUT2D eigenvalue weighted by atomic mass is 16.3. The van der Waals surface area contributed by atoms with Crippen LogP contribution < -0.4 is 5.43 Å². The Labute approximate surface area is 68.4 Å². The molecule has 0 aliphatic carbocycles. The van der Waals surface area contributed by atoms with Crippen molar-refractivity contribution in [3.63, 3.8) is 0 Å². The minimum Gasteiger partial charge on any atom is -0.396 e. The quantitative estimate of drug-likeness (QED) is 0.580. The number of piperidine rings is 1. The van der Waals surface area contributed by atoms with Gasteiger partial charge in [0.2, 0.25) is 0 Å². The molecular formula is C8H18N2O. The highest BCUT2D eigenvalue weighted by Gasteiger charge is 2.07. The summed E-state index contributed by atoms with van der Waals surface area (Å²) < 4.78 is 0. The average Bonchev–Trinajstić information content (AvgIpc) is 2.07. The van der Waals surface area contributed by atoms with Crippen molar-refractivity contribution in [1.82, 2.24) is 10.4 Å². The molecule has 0 bridgehead atoms. The zero-order valence-electron chi connectivity index (χ0n) is 7.05. The maximum Gasteiger partial charge on any atom is 0.0443 e. The van der Waals surface area contributed by atoms with Crippen LogP contribution in [0.5, 0.6) is 0 Å². The van der Waals surface area contributed by atoms with Crippen molar-refractivity contribution in [3.8, 4) is 0 Å². The minimum atomic E-state index is 0.292. The van der Waals surface area contributed by atoms with E-state index in [0.717, 1.165) is 13.0 Å². The molecule has 1 aliphatic heterocycles. The predicted molar refractivity (Wildman–Crippen MR) is 45.1 cm³/mol. The van der Waals surface area contributed by atoms with E-state index in [1.54, 1.807) is 0 Å². The van der Waals surface area contributed by atoms with E-state index in [1.165, 1.54) is 32.4 Å². The van der Waals surface area contributed by atoms with E-state index in [2.05, 4.69) is 10.4 Å². The van der Waals surface area contributed by atoms with Crippen LogP contribution >= 0.6 is 0 Å². The van der Waals surface area contributed by atoms with Gasteiger partial charge in [0.1, 0.15) is 0 Å². The summed E-state index contributed by atoms with van der Waals surface area (Å²) in [5.74, 6) is 0. The lowest BCUT2D eigenvalue weighted by Crippen LogP contribution is -2.42. The molecule has 1 rings (SSSR count). The molecule has 0 saturated carbocycles. The summed E-state index contributed by atoms with van der Waals surface area (Å²) in [6, 6.07) is 0. The van der Waals surface area contributed by atoms with Crippen LogP contribution in [0, 0.1) is 0 Å². The van der Waals surface area contributed by atoms with Gasteiger partial charge in [-0.15, -0.1) is 0 Å². The third kappa shape index (κ3) is 3.70. The van der Waals surface area contributed by atoms with Crippen LogP contribution in [0.4, 0.5) is 0 Å². The Morgan fingerprint density at radius 1 is 1.18 bits per heavy atom. The van der Waals surface area contributed by atoms with Crippen LogP contribution in [0.2, 0.25) is 0 Å². The summed E-state index contributed by atoms with van der Waals surface area (Å²) >= 11 is 0. The van der Waals surface area contributed by atoms with E-state index < -0.39 is 0 Å². The summed E-state index contributed by atoms with van der Waals surface area (Å²) in [4.78, 5) is 0. The molecule has 0 aromatic carbocycles. The van der Waals surface area contributed by atoms with Gasteiger partial charge in [0.05, 0.1) is 0 Å². The van der Waals surface area contributed by atoms with Gasteiger partial charge in [-0.05, 0) is 19.3 Å². The van der Waals surface area contributed by atoms with Gasteiger partial charge in [0.15, 0.2) is 0 Å². The molecular weight excluding hydrogens is 140 g/mol. The maximum absolute atomic E-state index is 8.54. The molecule has 0 atom stereocenters. The van der Waals surface area contributed by atoms with Gasteiger partial charge in [-0.3, -0.25) is 5.43 Å². The van der Waals surface area contributed by atoms with Crippen molar-refractivity contribution in [2.75, 3.05) is 26.2 Å². The normalized spacial score (nSPS) is 20.5. The zero-order valence-corrected chi connectivity index (χ0v) is 7.05. The van der Waals surface area contributed by atoms with Crippen molar-refractivity contribution < 1.29 is 5.11 Å². The first kappa shape index (κ1) is 8.97. The molecule has 11 heavy (non-hydrogen) atoms. The second-order valence-corrected chi connectivity index (χ2v) is 3.03. The van der Waals surface area contributed by atoms with E-state index in [0.29, 0.717) is 6.61 Å². The van der Waals surface area contributed by atoms with Crippen molar-refractivity contribution in [3.05, 3.63) is 0 Å². The molecule has 0 amide bonds. The lowest BCUT2D eigenvalue weighted by Gasteiger charge is -2.26. The fourth-order valence-corrected chi connectivity index (χ4v) is 1.37. The molecule has 2 N–H and O–H groups in total. The fraction of sp³-hybridized carbons (Fsp3) is 1.00. The topological polar surface area (TPSA) is 35.5 Å². The monoisotopic (exact) mass is 158 g/mol. The second kappa shape index (κ2) is 5.52. The van der Waals surface area contributed by atoms with Crippen LogP contribution in [0.3, 0.4) is 0 Å². The lowest BCUT2D eigenvalue weighted by molar-refractivity contribution is 0.148. The Balaban J connectivity index is 1.96. The SMILES string of the molecule is OCCCNN1CCCCC1. The summed E-state index contributed by atoms with van der Waals surface area (Å²) in [7, 11) is 0. The number of aliphatic hydroxyl groups is 1. The minimum absolute atomic E-state index is 0.292. The van der Waals surface area contributed by atoms with Gasteiger partial charge in [-0.2, -0.15) is 0 Å². The Morgan fingerprint density at radius 3 is 2.55 bits per heavy atom. The van der Waals surface area contributed by atoms with Crippen molar-refractivity contribution in [2.24, 2.45) is 0 Å². The molecule has 0 spiro atoms. The fourth-order valence-electron chi connectivity index (χ4n) is 1.37. The number of nitrogens with zero attached hydrogens (tertiary/aromatic N) is 1. The molecule has 3 nitrogen and oxygen atoms in total. The van der Waals surface area contributed by atoms with Crippen LogP contribution in [-0.4, -0.2) is 36.4 Å². The van der Waals surface area contributed by atoms with Gasteiger partial charge in [-0.25, -0.2) is 5.01 Å². The molecule has 0 aromatic rings. The second-order valence-electron chi connectivity index (χ2n) is 3.03. The molecule has 66 valence electrons. The molecule has 1 fully saturated rings. The number of aliphatic hydroxyl groups excluding tert-OH is 1. The summed E-state index contributed by atoms with van der Waals surface area (Å²) in [6.45, 7) is 3.55. The number of hydrogen-bond donors (Lipinski definition) is 2. The Kier molecular flexibility index (Phi) is 4.50. The standard InChI is InChI=1S/C8H18N2O/c11-8-4-5-9-10-6-2-1-3-7-10/h9,11H,1-8H2. The molecule has 1 heterocycles. The summed E-state index contributed by atoms with van der Waals surface area (Å²) in [5, 5.41) is 10.8. The van der Waals surface area contributed by atoms with Crippen molar-refractivity contribution in [2.45, 2.75) is 25.7 Å². The maximum atomic E-state index is 8.54. The van der Waals surface area contributed by atoms with Crippen LogP contribution in [-0.2, 0) is 0 Å². The Bertz CT molecular complexity index is 92.1. The third-order valence-corrected chi connectivity index (χ3v) is 2.03. The predicted octanol–water partition coefficient (Wildman–Crippen LogP) is 0.359. The zero-order chi connectivity index (χ0) is 7.94. The van der Waals surface area contributed by atoms with Crippen LogP contribution in [0.25, 0.3) is 0 Å². The van der Waals surface area contributed by atoms with Gasteiger partial charge < -0.3 is 5.11 Å². The lowest BCUT2D eigenvalue weighted by atomic mass is 10.2. The number of nitrogens with one attached hydrogen (secondary N) is 1. The van der Waals surface area contributed by atoms with E-state index in [9.17, 15) is 0 Å². The Morgan fingerprint density at radius 2 is 1.91 bits per heavy atom. The molecule has 0 aromatic heterocycles. The van der Waals surface area contributed by atoms with E-state index in [4.69, 9.17) is 5.11 Å². The molecule has 0 unspecified atom stereocenters. The van der Waals surface area contributed by atoms with Gasteiger partial charge in [0.25, 0.3) is 0 Å². The first-order valence-electron chi connectivity index (χ1n) is 4.53. The van der Waals surface area contributed by atoms with Crippen molar-refractivity contribution >= 4 is 0 Å². The highest BCUT2D eigenvalue weighted by molar-refractivity contribution is 4.60. The summed E-state index contributed by atoms with van der Waals surface area (Å²) in [6.07, 6.45) is 4.85. The molecule has 3 heteroatoms. The van der Waals surface area contributed by atoms with E-state index in [1.807, 2.05) is 0 Å². The number of hydrazine groups is 1. The molecule has 1 saturated heterocycles. The number of rotatable bonds is 4. The van der Waals surface area contributed by atoms with Gasteiger partial charge in [-0.1, -0.05) is 6.42 Å².